The Bertz CT molecular complexity index is 282. The lowest BCUT2D eigenvalue weighted by Gasteiger charge is -2.09. The van der Waals surface area contributed by atoms with Crippen LogP contribution in [0.25, 0.3) is 0 Å². The van der Waals surface area contributed by atoms with Crippen molar-refractivity contribution >= 4 is 5.69 Å². The Morgan fingerprint density at radius 2 is 2.13 bits per heavy atom. The van der Waals surface area contributed by atoms with Crippen LogP contribution in [0.3, 0.4) is 0 Å². The van der Waals surface area contributed by atoms with Crippen molar-refractivity contribution in [2.24, 2.45) is 5.92 Å². The van der Waals surface area contributed by atoms with E-state index in [-0.39, 0.29) is 0 Å². The molecule has 84 valence electrons. The van der Waals surface area contributed by atoms with Gasteiger partial charge in [0.15, 0.2) is 0 Å². The fourth-order valence-corrected chi connectivity index (χ4v) is 1.57. The Kier molecular flexibility index (Phi) is 5.16. The first-order valence-corrected chi connectivity index (χ1v) is 5.84. The smallest absolute Gasteiger partial charge is 0.0400 e. The monoisotopic (exact) mass is 206 g/mol. The van der Waals surface area contributed by atoms with Crippen molar-refractivity contribution in [3.05, 3.63) is 24.0 Å². The van der Waals surface area contributed by atoms with E-state index in [1.807, 2.05) is 18.5 Å². The third-order valence-electron chi connectivity index (χ3n) is 2.54. The van der Waals surface area contributed by atoms with E-state index in [0.717, 1.165) is 12.5 Å². The summed E-state index contributed by atoms with van der Waals surface area (Å²) in [5, 5.41) is 3.45. The zero-order chi connectivity index (χ0) is 11.1. The van der Waals surface area contributed by atoms with Gasteiger partial charge in [-0.25, -0.2) is 0 Å². The third kappa shape index (κ3) is 4.82. The molecule has 0 saturated heterocycles. The van der Waals surface area contributed by atoms with Gasteiger partial charge in [0.25, 0.3) is 0 Å². The minimum absolute atomic E-state index is 0.827. The Labute approximate surface area is 93.1 Å². The average molecular weight is 206 g/mol. The van der Waals surface area contributed by atoms with Crippen molar-refractivity contribution in [3.8, 4) is 0 Å². The summed E-state index contributed by atoms with van der Waals surface area (Å²) < 4.78 is 0. The van der Waals surface area contributed by atoms with Crippen LogP contribution in [0, 0.1) is 12.8 Å². The summed E-state index contributed by atoms with van der Waals surface area (Å²) in [5.74, 6) is 0.827. The second-order valence-corrected chi connectivity index (χ2v) is 4.51. The van der Waals surface area contributed by atoms with Gasteiger partial charge in [0, 0.05) is 24.6 Å². The molecule has 0 amide bonds. The molecule has 0 unspecified atom stereocenters. The highest BCUT2D eigenvalue weighted by Crippen LogP contribution is 2.12. The van der Waals surface area contributed by atoms with Crippen LogP contribution >= 0.6 is 0 Å². The molecule has 0 aliphatic heterocycles. The fraction of sp³-hybridized carbons (Fsp3) is 0.615. The minimum Gasteiger partial charge on any atom is -0.385 e. The van der Waals surface area contributed by atoms with Gasteiger partial charge in [-0.3, -0.25) is 4.98 Å². The highest BCUT2D eigenvalue weighted by molar-refractivity contribution is 5.48. The maximum absolute atomic E-state index is 4.07. The van der Waals surface area contributed by atoms with E-state index in [1.165, 1.54) is 30.5 Å². The van der Waals surface area contributed by atoms with Gasteiger partial charge in [-0.05, 0) is 30.9 Å². The van der Waals surface area contributed by atoms with E-state index < -0.39 is 0 Å². The summed E-state index contributed by atoms with van der Waals surface area (Å²) in [5.41, 5.74) is 2.44. The van der Waals surface area contributed by atoms with Gasteiger partial charge in [-0.2, -0.15) is 0 Å². The Balaban J connectivity index is 2.18. The van der Waals surface area contributed by atoms with Crippen LogP contribution in [0.5, 0.6) is 0 Å². The summed E-state index contributed by atoms with van der Waals surface area (Å²) >= 11 is 0. The van der Waals surface area contributed by atoms with Gasteiger partial charge in [0.05, 0.1) is 0 Å². The van der Waals surface area contributed by atoms with E-state index in [0.29, 0.717) is 0 Å². The van der Waals surface area contributed by atoms with Crippen molar-refractivity contribution in [1.29, 1.82) is 0 Å². The van der Waals surface area contributed by atoms with Crippen LogP contribution in [0.2, 0.25) is 0 Å². The molecular formula is C13H22N2. The summed E-state index contributed by atoms with van der Waals surface area (Å²) in [7, 11) is 0. The Hall–Kier alpha value is -1.05. The predicted molar refractivity (Wildman–Crippen MR) is 66.2 cm³/mol. The fourth-order valence-electron chi connectivity index (χ4n) is 1.57. The topological polar surface area (TPSA) is 24.9 Å². The quantitative estimate of drug-likeness (QED) is 0.719. The minimum atomic E-state index is 0.827. The molecule has 0 bridgehead atoms. The second kappa shape index (κ2) is 6.44. The SMILES string of the molecule is Cc1cnccc1NCCCCC(C)C. The van der Waals surface area contributed by atoms with Crippen molar-refractivity contribution in [2.75, 3.05) is 11.9 Å². The maximum Gasteiger partial charge on any atom is 0.0400 e. The van der Waals surface area contributed by atoms with Gasteiger partial charge in [-0.15, -0.1) is 0 Å². The number of aryl methyl sites for hydroxylation is 1. The molecule has 0 aliphatic rings. The number of anilines is 1. The van der Waals surface area contributed by atoms with Crippen LogP contribution in [-0.4, -0.2) is 11.5 Å². The molecule has 0 aromatic carbocycles. The summed E-state index contributed by atoms with van der Waals surface area (Å²) in [6.45, 7) is 7.71. The molecule has 0 radical (unpaired) electrons. The van der Waals surface area contributed by atoms with Crippen molar-refractivity contribution in [3.63, 3.8) is 0 Å². The van der Waals surface area contributed by atoms with Gasteiger partial charge < -0.3 is 5.32 Å². The Morgan fingerprint density at radius 1 is 1.33 bits per heavy atom. The largest absolute Gasteiger partial charge is 0.385 e. The zero-order valence-corrected chi connectivity index (χ0v) is 10.1. The molecule has 15 heavy (non-hydrogen) atoms. The van der Waals surface area contributed by atoms with E-state index in [9.17, 15) is 0 Å². The van der Waals surface area contributed by atoms with Gasteiger partial charge >= 0.3 is 0 Å². The predicted octanol–water partition coefficient (Wildman–Crippen LogP) is 3.63. The number of nitrogens with one attached hydrogen (secondary N) is 1. The van der Waals surface area contributed by atoms with Crippen molar-refractivity contribution < 1.29 is 0 Å². The average Bonchev–Trinajstić information content (AvgIpc) is 2.20. The number of hydrogen-bond acceptors (Lipinski definition) is 2. The summed E-state index contributed by atoms with van der Waals surface area (Å²) in [4.78, 5) is 4.07. The zero-order valence-electron chi connectivity index (χ0n) is 10.1. The number of unbranched alkanes of at least 4 members (excludes halogenated alkanes) is 1. The summed E-state index contributed by atoms with van der Waals surface area (Å²) in [6, 6.07) is 2.04. The lowest BCUT2D eigenvalue weighted by molar-refractivity contribution is 0.545. The first-order chi connectivity index (χ1) is 7.20. The normalized spacial score (nSPS) is 10.7. The molecule has 2 nitrogen and oxygen atoms in total. The van der Waals surface area contributed by atoms with Crippen molar-refractivity contribution in [1.82, 2.24) is 4.98 Å². The molecule has 1 N–H and O–H groups in total. The summed E-state index contributed by atoms with van der Waals surface area (Å²) in [6.07, 6.45) is 7.63. The van der Waals surface area contributed by atoms with E-state index in [1.54, 1.807) is 0 Å². The Morgan fingerprint density at radius 3 is 2.80 bits per heavy atom. The van der Waals surface area contributed by atoms with Crippen LogP contribution in [0.1, 0.15) is 38.7 Å². The third-order valence-corrected chi connectivity index (χ3v) is 2.54. The molecule has 1 aromatic rings. The number of hydrogen-bond donors (Lipinski definition) is 1. The van der Waals surface area contributed by atoms with Crippen LogP contribution < -0.4 is 5.32 Å². The molecule has 0 atom stereocenters. The highest BCUT2D eigenvalue weighted by Gasteiger charge is 1.97. The number of rotatable bonds is 6. The standard InChI is InChI=1S/C13H22N2/c1-11(2)6-4-5-8-15-13-7-9-14-10-12(13)3/h7,9-11H,4-6,8H2,1-3H3,(H,14,15). The van der Waals surface area contributed by atoms with Gasteiger partial charge in [0.2, 0.25) is 0 Å². The van der Waals surface area contributed by atoms with E-state index in [4.69, 9.17) is 0 Å². The molecule has 1 heterocycles. The number of pyridine rings is 1. The molecule has 1 aromatic heterocycles. The van der Waals surface area contributed by atoms with Crippen molar-refractivity contribution in [2.45, 2.75) is 40.0 Å². The number of nitrogens with zero attached hydrogens (tertiary/aromatic N) is 1. The lowest BCUT2D eigenvalue weighted by Crippen LogP contribution is -2.03. The maximum atomic E-state index is 4.07. The van der Waals surface area contributed by atoms with Crippen LogP contribution in [0.15, 0.2) is 18.5 Å². The van der Waals surface area contributed by atoms with Gasteiger partial charge in [-0.1, -0.05) is 26.7 Å². The van der Waals surface area contributed by atoms with E-state index in [2.05, 4.69) is 31.1 Å². The molecule has 1 rings (SSSR count). The van der Waals surface area contributed by atoms with Crippen LogP contribution in [-0.2, 0) is 0 Å². The molecule has 2 heteroatoms. The first-order valence-electron chi connectivity index (χ1n) is 5.84. The van der Waals surface area contributed by atoms with Crippen LogP contribution in [0.4, 0.5) is 5.69 Å². The van der Waals surface area contributed by atoms with E-state index >= 15 is 0 Å². The van der Waals surface area contributed by atoms with Gasteiger partial charge in [0.1, 0.15) is 0 Å². The number of aromatic nitrogens is 1. The lowest BCUT2D eigenvalue weighted by atomic mass is 10.1. The molecule has 0 saturated carbocycles. The highest BCUT2D eigenvalue weighted by atomic mass is 14.9. The molecule has 0 spiro atoms. The second-order valence-electron chi connectivity index (χ2n) is 4.51. The molecule has 0 fully saturated rings. The molecular weight excluding hydrogens is 184 g/mol. The first kappa shape index (κ1) is 12.0. The molecule has 0 aliphatic carbocycles.